The third-order valence-electron chi connectivity index (χ3n) is 3.70. The Kier molecular flexibility index (Phi) is 4.99. The van der Waals surface area contributed by atoms with Crippen LogP contribution in [0.25, 0.3) is 0 Å². The van der Waals surface area contributed by atoms with E-state index < -0.39 is 11.7 Å². The molecular formula is C20H14FN3O3. The molecular weight excluding hydrogens is 349 g/mol. The van der Waals surface area contributed by atoms with E-state index in [9.17, 15) is 14.4 Å². The number of hydrogen-bond acceptors (Lipinski definition) is 4. The van der Waals surface area contributed by atoms with Gasteiger partial charge in [0, 0.05) is 6.07 Å². The van der Waals surface area contributed by atoms with Crippen molar-refractivity contribution in [2.75, 3.05) is 5.32 Å². The van der Waals surface area contributed by atoms with E-state index in [4.69, 9.17) is 10.00 Å². The number of hydrogen-bond donors (Lipinski definition) is 1. The lowest BCUT2D eigenvalue weighted by atomic mass is 10.1. The molecule has 0 aliphatic heterocycles. The molecule has 1 heterocycles. The van der Waals surface area contributed by atoms with Gasteiger partial charge in [-0.25, -0.2) is 4.39 Å². The average Bonchev–Trinajstić information content (AvgIpc) is 2.63. The molecule has 7 heteroatoms. The smallest absolute Gasteiger partial charge is 0.259 e. The van der Waals surface area contributed by atoms with Crippen molar-refractivity contribution in [2.24, 2.45) is 0 Å². The Morgan fingerprint density at radius 3 is 2.78 bits per heavy atom. The molecule has 0 atom stereocenters. The van der Waals surface area contributed by atoms with Crippen LogP contribution in [0, 0.1) is 29.3 Å². The van der Waals surface area contributed by atoms with Crippen molar-refractivity contribution < 1.29 is 18.7 Å². The van der Waals surface area contributed by atoms with Crippen molar-refractivity contribution >= 4 is 11.6 Å². The van der Waals surface area contributed by atoms with Gasteiger partial charge < -0.3 is 15.3 Å². The summed E-state index contributed by atoms with van der Waals surface area (Å²) in [5, 5.41) is 23.1. The van der Waals surface area contributed by atoms with Gasteiger partial charge in [0.2, 0.25) is 6.20 Å². The molecule has 2 aromatic carbocycles. The number of ether oxygens (including phenoxy) is 1. The minimum absolute atomic E-state index is 0.0123. The van der Waals surface area contributed by atoms with Gasteiger partial charge >= 0.3 is 0 Å². The number of aromatic nitrogens is 1. The number of aryl methyl sites for hydroxylation is 1. The second-order valence-corrected chi connectivity index (χ2v) is 5.76. The Morgan fingerprint density at radius 1 is 1.22 bits per heavy atom. The predicted octanol–water partition coefficient (Wildman–Crippen LogP) is 3.68. The van der Waals surface area contributed by atoms with E-state index in [2.05, 4.69) is 5.32 Å². The summed E-state index contributed by atoms with van der Waals surface area (Å²) in [6, 6.07) is 13.4. The summed E-state index contributed by atoms with van der Waals surface area (Å²) >= 11 is 0. The van der Waals surface area contributed by atoms with Crippen LogP contribution in [0.5, 0.6) is 11.5 Å². The molecule has 0 bridgehead atoms. The van der Waals surface area contributed by atoms with Crippen molar-refractivity contribution in [3.8, 4) is 17.6 Å². The molecule has 0 unspecified atom stereocenters. The third-order valence-corrected chi connectivity index (χ3v) is 3.70. The van der Waals surface area contributed by atoms with E-state index in [1.54, 1.807) is 24.3 Å². The molecule has 0 aliphatic rings. The van der Waals surface area contributed by atoms with Crippen LogP contribution in [-0.4, -0.2) is 5.91 Å². The molecule has 0 saturated heterocycles. The first-order chi connectivity index (χ1) is 13.0. The maximum atomic E-state index is 13.3. The van der Waals surface area contributed by atoms with Crippen LogP contribution in [0.2, 0.25) is 0 Å². The normalized spacial score (nSPS) is 10.1. The van der Waals surface area contributed by atoms with Crippen molar-refractivity contribution in [3.63, 3.8) is 0 Å². The number of carbonyl (C=O) groups is 1. The van der Waals surface area contributed by atoms with E-state index >= 15 is 0 Å². The van der Waals surface area contributed by atoms with Crippen molar-refractivity contribution in [2.45, 2.75) is 6.92 Å². The molecule has 6 nitrogen and oxygen atoms in total. The fraction of sp³-hybridized carbons (Fsp3) is 0.0500. The van der Waals surface area contributed by atoms with Gasteiger partial charge in [-0.3, -0.25) is 4.79 Å². The molecule has 0 saturated carbocycles. The van der Waals surface area contributed by atoms with E-state index in [-0.39, 0.29) is 22.6 Å². The van der Waals surface area contributed by atoms with E-state index in [1.807, 2.05) is 13.0 Å². The summed E-state index contributed by atoms with van der Waals surface area (Å²) in [5.74, 6) is -0.704. The van der Waals surface area contributed by atoms with Crippen LogP contribution >= 0.6 is 0 Å². The lowest BCUT2D eigenvalue weighted by Gasteiger charge is -2.13. The zero-order chi connectivity index (χ0) is 19.4. The van der Waals surface area contributed by atoms with Gasteiger partial charge in [-0.2, -0.15) is 9.99 Å². The zero-order valence-corrected chi connectivity index (χ0v) is 14.3. The monoisotopic (exact) mass is 363 g/mol. The highest BCUT2D eigenvalue weighted by Crippen LogP contribution is 2.30. The Hall–Kier alpha value is -3.92. The van der Waals surface area contributed by atoms with Gasteiger partial charge in [-0.15, -0.1) is 0 Å². The van der Waals surface area contributed by atoms with Crippen molar-refractivity contribution in [1.82, 2.24) is 0 Å². The molecule has 1 aromatic heterocycles. The molecule has 0 spiro atoms. The summed E-state index contributed by atoms with van der Waals surface area (Å²) in [5.41, 5.74) is 1.37. The van der Waals surface area contributed by atoms with Crippen LogP contribution in [0.4, 0.5) is 10.1 Å². The number of pyridine rings is 1. The standard InChI is InChI=1S/C20H14FN3O3/c1-13-4-6-17(20(25)23-16-3-2-8-24(26)12-16)19(9-13)27-18-7-5-15(21)10-14(18)11-22/h2-10,12H,1H3,(H,23,25). The first-order valence-corrected chi connectivity index (χ1v) is 7.94. The van der Waals surface area contributed by atoms with Crippen LogP contribution in [-0.2, 0) is 0 Å². The maximum Gasteiger partial charge on any atom is 0.259 e. The molecule has 3 aromatic rings. The molecule has 3 rings (SSSR count). The van der Waals surface area contributed by atoms with Crippen LogP contribution in [0.15, 0.2) is 60.9 Å². The fourth-order valence-electron chi connectivity index (χ4n) is 2.43. The summed E-state index contributed by atoms with van der Waals surface area (Å²) in [6.45, 7) is 1.82. The summed E-state index contributed by atoms with van der Waals surface area (Å²) in [4.78, 5) is 12.6. The van der Waals surface area contributed by atoms with E-state index in [1.165, 1.54) is 30.6 Å². The molecule has 1 N–H and O–H groups in total. The molecule has 27 heavy (non-hydrogen) atoms. The fourth-order valence-corrected chi connectivity index (χ4v) is 2.43. The molecule has 134 valence electrons. The molecule has 0 aliphatic carbocycles. The predicted molar refractivity (Wildman–Crippen MR) is 95.7 cm³/mol. The summed E-state index contributed by atoms with van der Waals surface area (Å²) in [6.07, 6.45) is 2.52. The summed E-state index contributed by atoms with van der Waals surface area (Å²) < 4.78 is 19.6. The quantitative estimate of drug-likeness (QED) is 0.566. The Bertz CT molecular complexity index is 1060. The number of anilines is 1. The molecule has 0 fully saturated rings. The Morgan fingerprint density at radius 2 is 2.04 bits per heavy atom. The lowest BCUT2D eigenvalue weighted by molar-refractivity contribution is -0.604. The van der Waals surface area contributed by atoms with Gasteiger partial charge in [0.15, 0.2) is 6.20 Å². The highest BCUT2D eigenvalue weighted by Gasteiger charge is 2.16. The summed E-state index contributed by atoms with van der Waals surface area (Å²) in [7, 11) is 0. The second kappa shape index (κ2) is 7.54. The SMILES string of the molecule is Cc1ccc(C(=O)Nc2ccc[n+]([O-])c2)c(Oc2ccc(F)cc2C#N)c1. The number of rotatable bonds is 4. The van der Waals surface area contributed by atoms with Gasteiger partial charge in [0.1, 0.15) is 29.1 Å². The lowest BCUT2D eigenvalue weighted by Crippen LogP contribution is -2.25. The van der Waals surface area contributed by atoms with E-state index in [0.717, 1.165) is 11.6 Å². The second-order valence-electron chi connectivity index (χ2n) is 5.76. The number of nitriles is 1. The van der Waals surface area contributed by atoms with Crippen LogP contribution < -0.4 is 14.8 Å². The first-order valence-electron chi connectivity index (χ1n) is 7.94. The number of benzene rings is 2. The minimum atomic E-state index is -0.559. The van der Waals surface area contributed by atoms with Crippen molar-refractivity contribution in [1.29, 1.82) is 5.26 Å². The van der Waals surface area contributed by atoms with Crippen molar-refractivity contribution in [3.05, 3.63) is 88.6 Å². The maximum absolute atomic E-state index is 13.3. The number of amides is 1. The van der Waals surface area contributed by atoms with Gasteiger partial charge in [0.05, 0.1) is 11.1 Å². The highest BCUT2D eigenvalue weighted by molar-refractivity contribution is 6.06. The Labute approximate surface area is 154 Å². The van der Waals surface area contributed by atoms with Gasteiger partial charge in [-0.05, 0) is 48.9 Å². The number of halogens is 1. The minimum Gasteiger partial charge on any atom is -0.619 e. The van der Waals surface area contributed by atoms with Crippen LogP contribution in [0.3, 0.4) is 0 Å². The average molecular weight is 363 g/mol. The first kappa shape index (κ1) is 17.9. The number of nitrogens with one attached hydrogen (secondary N) is 1. The van der Waals surface area contributed by atoms with Gasteiger partial charge in [0.25, 0.3) is 5.91 Å². The number of carbonyl (C=O) groups excluding carboxylic acids is 1. The highest BCUT2D eigenvalue weighted by atomic mass is 19.1. The largest absolute Gasteiger partial charge is 0.619 e. The topological polar surface area (TPSA) is 89.1 Å². The number of nitrogens with zero attached hydrogens (tertiary/aromatic N) is 2. The van der Waals surface area contributed by atoms with Gasteiger partial charge in [-0.1, -0.05) is 6.07 Å². The zero-order valence-electron chi connectivity index (χ0n) is 14.3. The third kappa shape index (κ3) is 4.19. The Balaban J connectivity index is 1.94. The molecule has 0 radical (unpaired) electrons. The van der Waals surface area contributed by atoms with E-state index in [0.29, 0.717) is 10.4 Å². The molecule has 1 amide bonds. The van der Waals surface area contributed by atoms with Crippen LogP contribution in [0.1, 0.15) is 21.5 Å².